The molecule has 128 valence electrons. The number of aliphatic hydroxyl groups is 1. The van der Waals surface area contributed by atoms with Gasteiger partial charge in [0, 0.05) is 25.9 Å². The smallest absolute Gasteiger partial charge is 0.266 e. The van der Waals surface area contributed by atoms with Crippen molar-refractivity contribution < 1.29 is 14.6 Å². The zero-order chi connectivity index (χ0) is 17.3. The number of amides is 1. The molecule has 0 aliphatic carbocycles. The second kappa shape index (κ2) is 6.38. The Balaban J connectivity index is 1.77. The molecule has 0 unspecified atom stereocenters. The fraction of sp³-hybridized carbons (Fsp3) is 0.588. The third-order valence-corrected chi connectivity index (χ3v) is 5.21. The van der Waals surface area contributed by atoms with Crippen LogP contribution in [0, 0.1) is 18.3 Å². The molecule has 3 rings (SSSR count). The lowest BCUT2D eigenvalue weighted by atomic mass is 9.82. The van der Waals surface area contributed by atoms with Crippen molar-refractivity contribution in [2.75, 3.05) is 19.7 Å². The van der Waals surface area contributed by atoms with E-state index in [2.05, 4.69) is 4.98 Å². The van der Waals surface area contributed by atoms with Crippen molar-refractivity contribution in [1.29, 1.82) is 5.26 Å². The molecule has 2 fully saturated rings. The van der Waals surface area contributed by atoms with Gasteiger partial charge in [0.2, 0.25) is 0 Å². The van der Waals surface area contributed by atoms with E-state index in [-0.39, 0.29) is 11.5 Å². The molecule has 2 aliphatic heterocycles. The first-order valence-corrected chi connectivity index (χ1v) is 8.22. The number of piperidine rings is 1. The van der Waals surface area contributed by atoms with Crippen LogP contribution >= 0.6 is 0 Å². The van der Waals surface area contributed by atoms with Gasteiger partial charge in [0.25, 0.3) is 11.5 Å². The van der Waals surface area contributed by atoms with E-state index in [1.807, 2.05) is 6.07 Å². The molecular weight excluding hydrogens is 310 g/mol. The molecule has 24 heavy (non-hydrogen) atoms. The molecule has 7 heteroatoms. The molecule has 0 bridgehead atoms. The Labute approximate surface area is 139 Å². The Bertz CT molecular complexity index is 741. The zero-order valence-corrected chi connectivity index (χ0v) is 13.7. The van der Waals surface area contributed by atoms with Crippen LogP contribution in [0.4, 0.5) is 0 Å². The topological polar surface area (TPSA) is 106 Å². The van der Waals surface area contributed by atoms with Gasteiger partial charge in [-0.15, -0.1) is 0 Å². The highest BCUT2D eigenvalue weighted by atomic mass is 16.5. The van der Waals surface area contributed by atoms with Crippen LogP contribution in [-0.4, -0.2) is 52.3 Å². The summed E-state index contributed by atoms with van der Waals surface area (Å²) in [5.41, 5.74) is -0.302. The van der Waals surface area contributed by atoms with Gasteiger partial charge in [-0.3, -0.25) is 9.59 Å². The Morgan fingerprint density at radius 3 is 2.83 bits per heavy atom. The number of aromatic nitrogens is 1. The zero-order valence-electron chi connectivity index (χ0n) is 13.7. The number of nitrogens with zero attached hydrogens (tertiary/aromatic N) is 2. The summed E-state index contributed by atoms with van der Waals surface area (Å²) in [6, 6.07) is 1.85. The summed E-state index contributed by atoms with van der Waals surface area (Å²) in [6.07, 6.45) is 3.67. The molecule has 1 amide bonds. The predicted octanol–water partition coefficient (Wildman–Crippen LogP) is 0.701. The highest BCUT2D eigenvalue weighted by Crippen LogP contribution is 2.35. The second-order valence-corrected chi connectivity index (χ2v) is 6.51. The van der Waals surface area contributed by atoms with E-state index >= 15 is 0 Å². The van der Waals surface area contributed by atoms with Gasteiger partial charge in [0.15, 0.2) is 0 Å². The minimum atomic E-state index is -0.535. The second-order valence-electron chi connectivity index (χ2n) is 6.51. The van der Waals surface area contributed by atoms with E-state index in [1.54, 1.807) is 11.8 Å². The average molecular weight is 331 g/mol. The van der Waals surface area contributed by atoms with Gasteiger partial charge in [-0.2, -0.15) is 5.26 Å². The summed E-state index contributed by atoms with van der Waals surface area (Å²) in [6.45, 7) is 3.22. The number of nitriles is 1. The highest BCUT2D eigenvalue weighted by Gasteiger charge is 2.44. The lowest BCUT2D eigenvalue weighted by molar-refractivity contribution is -0.174. The van der Waals surface area contributed by atoms with E-state index < -0.39 is 17.3 Å². The Hall–Kier alpha value is -2.17. The molecule has 2 N–H and O–H groups in total. The first-order chi connectivity index (χ1) is 11.5. The highest BCUT2D eigenvalue weighted by molar-refractivity contribution is 5.95. The van der Waals surface area contributed by atoms with E-state index in [0.717, 1.165) is 12.8 Å². The van der Waals surface area contributed by atoms with Crippen LogP contribution < -0.4 is 5.56 Å². The minimum Gasteiger partial charge on any atom is -0.390 e. The monoisotopic (exact) mass is 331 g/mol. The number of aromatic amines is 1. The maximum absolute atomic E-state index is 12.7. The quantitative estimate of drug-likeness (QED) is 0.788. The molecule has 1 aromatic heterocycles. The molecular formula is C17H21N3O4. The number of aliphatic hydroxyl groups excluding tert-OH is 1. The number of ether oxygens (including phenoxy) is 1. The van der Waals surface area contributed by atoms with Gasteiger partial charge in [-0.25, -0.2) is 0 Å². The number of hydrogen-bond acceptors (Lipinski definition) is 5. The van der Waals surface area contributed by atoms with Crippen LogP contribution in [0.1, 0.15) is 47.2 Å². The average Bonchev–Trinajstić information content (AvgIpc) is 2.58. The Morgan fingerprint density at radius 1 is 1.50 bits per heavy atom. The number of hydrogen-bond donors (Lipinski definition) is 2. The maximum atomic E-state index is 12.7. The number of likely N-dealkylation sites (tertiary alicyclic amines) is 1. The fourth-order valence-electron chi connectivity index (χ4n) is 3.63. The summed E-state index contributed by atoms with van der Waals surface area (Å²) in [5, 5.41) is 19.3. The van der Waals surface area contributed by atoms with Crippen molar-refractivity contribution in [2.24, 2.45) is 0 Å². The summed E-state index contributed by atoms with van der Waals surface area (Å²) >= 11 is 0. The molecule has 0 saturated carbocycles. The first-order valence-electron chi connectivity index (χ1n) is 8.22. The standard InChI is InChI=1S/C17H21N3O4/c1-11-12(9-18)15(22)19-10-13(11)16(23)20-6-4-17(5-7-20)14(21)3-2-8-24-17/h10,14,21H,2-8H2,1H3,(H,19,22)/t14-/m0/s1. The van der Waals surface area contributed by atoms with E-state index in [9.17, 15) is 14.7 Å². The summed E-state index contributed by atoms with van der Waals surface area (Å²) in [7, 11) is 0. The van der Waals surface area contributed by atoms with Gasteiger partial charge >= 0.3 is 0 Å². The number of H-pyrrole nitrogens is 1. The van der Waals surface area contributed by atoms with Crippen molar-refractivity contribution in [3.05, 3.63) is 33.2 Å². The van der Waals surface area contributed by atoms with E-state index in [0.29, 0.717) is 43.7 Å². The Kier molecular flexibility index (Phi) is 4.43. The molecule has 1 spiro atoms. The van der Waals surface area contributed by atoms with E-state index in [4.69, 9.17) is 10.00 Å². The third-order valence-electron chi connectivity index (χ3n) is 5.21. The third kappa shape index (κ3) is 2.72. The largest absolute Gasteiger partial charge is 0.390 e. The van der Waals surface area contributed by atoms with Crippen molar-refractivity contribution in [3.8, 4) is 6.07 Å². The fourth-order valence-corrected chi connectivity index (χ4v) is 3.63. The van der Waals surface area contributed by atoms with Crippen molar-refractivity contribution in [2.45, 2.75) is 44.3 Å². The summed E-state index contributed by atoms with van der Waals surface area (Å²) < 4.78 is 5.85. The van der Waals surface area contributed by atoms with Crippen molar-refractivity contribution >= 4 is 5.91 Å². The predicted molar refractivity (Wildman–Crippen MR) is 85.6 cm³/mol. The van der Waals surface area contributed by atoms with Crippen molar-refractivity contribution in [3.63, 3.8) is 0 Å². The van der Waals surface area contributed by atoms with Crippen LogP contribution in [0.2, 0.25) is 0 Å². The normalized spacial score (nSPS) is 23.0. The Morgan fingerprint density at radius 2 is 2.21 bits per heavy atom. The molecule has 1 atom stereocenters. The molecule has 0 radical (unpaired) electrons. The van der Waals surface area contributed by atoms with Gasteiger partial charge in [-0.05, 0) is 38.2 Å². The lowest BCUT2D eigenvalue weighted by Gasteiger charge is -2.46. The van der Waals surface area contributed by atoms with Crippen LogP contribution in [0.3, 0.4) is 0 Å². The maximum Gasteiger partial charge on any atom is 0.266 e. The molecule has 3 heterocycles. The lowest BCUT2D eigenvalue weighted by Crippen LogP contribution is -2.56. The van der Waals surface area contributed by atoms with Gasteiger partial charge < -0.3 is 19.7 Å². The number of carbonyl (C=O) groups is 1. The minimum absolute atomic E-state index is 0.0274. The van der Waals surface area contributed by atoms with E-state index in [1.165, 1.54) is 6.20 Å². The van der Waals surface area contributed by atoms with Gasteiger partial charge in [0.1, 0.15) is 11.6 Å². The van der Waals surface area contributed by atoms with Crippen LogP contribution in [-0.2, 0) is 4.74 Å². The molecule has 7 nitrogen and oxygen atoms in total. The number of pyridine rings is 1. The van der Waals surface area contributed by atoms with Crippen molar-refractivity contribution in [1.82, 2.24) is 9.88 Å². The molecule has 0 aromatic carbocycles. The number of rotatable bonds is 1. The number of nitrogens with one attached hydrogen (secondary N) is 1. The SMILES string of the molecule is Cc1c(C(=O)N2CCC3(CC2)OCCC[C@@H]3O)c[nH]c(=O)c1C#N. The van der Waals surface area contributed by atoms with Crippen LogP contribution in [0.25, 0.3) is 0 Å². The summed E-state index contributed by atoms with van der Waals surface area (Å²) in [5.74, 6) is -0.208. The van der Waals surface area contributed by atoms with Crippen LogP contribution in [0.5, 0.6) is 0 Å². The summed E-state index contributed by atoms with van der Waals surface area (Å²) in [4.78, 5) is 28.5. The van der Waals surface area contributed by atoms with Crippen LogP contribution in [0.15, 0.2) is 11.0 Å². The molecule has 2 saturated heterocycles. The van der Waals surface area contributed by atoms with Gasteiger partial charge in [-0.1, -0.05) is 0 Å². The first kappa shape index (κ1) is 16.7. The van der Waals surface area contributed by atoms with Gasteiger partial charge in [0.05, 0.1) is 17.3 Å². The molecule has 2 aliphatic rings. The number of carbonyl (C=O) groups excluding carboxylic acids is 1. The molecule has 1 aromatic rings.